The summed E-state index contributed by atoms with van der Waals surface area (Å²) in [4.78, 5) is 13.3. The van der Waals surface area contributed by atoms with Crippen molar-refractivity contribution in [3.8, 4) is 5.75 Å². The molecule has 86 valence electrons. The van der Waals surface area contributed by atoms with Crippen LogP contribution in [-0.4, -0.2) is 25.6 Å². The Hall–Kier alpha value is -1.26. The number of anilines is 1. The zero-order valence-electron chi connectivity index (χ0n) is 8.94. The molecule has 1 aromatic rings. The Morgan fingerprint density at radius 1 is 1.56 bits per heavy atom. The van der Waals surface area contributed by atoms with Gasteiger partial charge in [-0.15, -0.1) is 0 Å². The Morgan fingerprint density at radius 2 is 2.31 bits per heavy atom. The van der Waals surface area contributed by atoms with E-state index in [4.69, 9.17) is 22.1 Å². The van der Waals surface area contributed by atoms with E-state index in [0.29, 0.717) is 23.7 Å². The maximum atomic E-state index is 11.7. The van der Waals surface area contributed by atoms with Crippen LogP contribution in [0.25, 0.3) is 0 Å². The summed E-state index contributed by atoms with van der Waals surface area (Å²) >= 11 is 6.00. The fourth-order valence-corrected chi connectivity index (χ4v) is 2.03. The lowest BCUT2D eigenvalue weighted by atomic mass is 10.2. The second-order valence-electron chi connectivity index (χ2n) is 3.70. The number of amides is 1. The van der Waals surface area contributed by atoms with E-state index in [1.165, 1.54) is 0 Å². The number of carbonyl (C=O) groups is 1. The van der Waals surface area contributed by atoms with Crippen LogP contribution in [0.5, 0.6) is 5.75 Å². The van der Waals surface area contributed by atoms with Gasteiger partial charge in [-0.3, -0.25) is 4.79 Å². The van der Waals surface area contributed by atoms with Crippen molar-refractivity contribution in [3.05, 3.63) is 23.2 Å². The van der Waals surface area contributed by atoms with Crippen molar-refractivity contribution in [2.45, 2.75) is 12.5 Å². The molecule has 1 aliphatic rings. The highest BCUT2D eigenvalue weighted by molar-refractivity contribution is 6.32. The van der Waals surface area contributed by atoms with Gasteiger partial charge in [0, 0.05) is 12.2 Å². The average molecular weight is 241 g/mol. The number of rotatable bonds is 2. The highest BCUT2D eigenvalue weighted by atomic mass is 35.5. The van der Waals surface area contributed by atoms with Crippen LogP contribution in [0.1, 0.15) is 6.42 Å². The second-order valence-corrected chi connectivity index (χ2v) is 4.11. The monoisotopic (exact) mass is 240 g/mol. The SMILES string of the molecule is COc1ccc(N2CCC(N)C2=O)cc1Cl. The number of ether oxygens (including phenoxy) is 1. The van der Waals surface area contributed by atoms with Crippen LogP contribution < -0.4 is 15.4 Å². The molecule has 1 atom stereocenters. The Morgan fingerprint density at radius 3 is 2.81 bits per heavy atom. The van der Waals surface area contributed by atoms with E-state index in [2.05, 4.69) is 0 Å². The Bertz CT molecular complexity index is 422. The maximum absolute atomic E-state index is 11.7. The van der Waals surface area contributed by atoms with E-state index in [1.807, 2.05) is 0 Å². The molecule has 2 rings (SSSR count). The lowest BCUT2D eigenvalue weighted by Crippen LogP contribution is -2.33. The van der Waals surface area contributed by atoms with Gasteiger partial charge < -0.3 is 15.4 Å². The van der Waals surface area contributed by atoms with Gasteiger partial charge in [0.1, 0.15) is 5.75 Å². The molecule has 0 spiro atoms. The smallest absolute Gasteiger partial charge is 0.243 e. The number of nitrogens with zero attached hydrogens (tertiary/aromatic N) is 1. The number of carbonyl (C=O) groups excluding carboxylic acids is 1. The first-order chi connectivity index (χ1) is 7.63. The molecule has 0 saturated carbocycles. The van der Waals surface area contributed by atoms with Gasteiger partial charge in [-0.25, -0.2) is 0 Å². The number of nitrogens with two attached hydrogens (primary N) is 1. The van der Waals surface area contributed by atoms with Crippen molar-refractivity contribution in [3.63, 3.8) is 0 Å². The van der Waals surface area contributed by atoms with Gasteiger partial charge in [0.25, 0.3) is 0 Å². The number of hydrogen-bond acceptors (Lipinski definition) is 3. The normalized spacial score (nSPS) is 20.3. The topological polar surface area (TPSA) is 55.6 Å². The average Bonchev–Trinajstić information content (AvgIpc) is 2.60. The van der Waals surface area contributed by atoms with Crippen molar-refractivity contribution in [1.82, 2.24) is 0 Å². The summed E-state index contributed by atoms with van der Waals surface area (Å²) in [5.74, 6) is 0.544. The number of methoxy groups -OCH3 is 1. The van der Waals surface area contributed by atoms with Gasteiger partial charge in [0.15, 0.2) is 0 Å². The molecular weight excluding hydrogens is 228 g/mol. The van der Waals surface area contributed by atoms with Crippen molar-refractivity contribution < 1.29 is 9.53 Å². The van der Waals surface area contributed by atoms with Crippen LogP contribution in [-0.2, 0) is 4.79 Å². The fourth-order valence-electron chi connectivity index (χ4n) is 1.78. The highest BCUT2D eigenvalue weighted by Crippen LogP contribution is 2.30. The Balaban J connectivity index is 2.28. The molecule has 0 aliphatic carbocycles. The van der Waals surface area contributed by atoms with E-state index in [-0.39, 0.29) is 11.9 Å². The standard InChI is InChI=1S/C11H13ClN2O2/c1-16-10-3-2-7(6-8(10)12)14-5-4-9(13)11(14)15/h2-3,6,9H,4-5,13H2,1H3. The van der Waals surface area contributed by atoms with Crippen LogP contribution in [0.4, 0.5) is 5.69 Å². The number of halogens is 1. The van der Waals surface area contributed by atoms with E-state index < -0.39 is 0 Å². The summed E-state index contributed by atoms with van der Waals surface area (Å²) in [6.07, 6.45) is 0.683. The van der Waals surface area contributed by atoms with Crippen LogP contribution in [0.2, 0.25) is 5.02 Å². The second kappa shape index (κ2) is 4.31. The third kappa shape index (κ3) is 1.86. The summed E-state index contributed by atoms with van der Waals surface area (Å²) in [6, 6.07) is 4.88. The summed E-state index contributed by atoms with van der Waals surface area (Å²) < 4.78 is 5.05. The fraction of sp³-hybridized carbons (Fsp3) is 0.364. The van der Waals surface area contributed by atoms with Crippen molar-refractivity contribution >= 4 is 23.2 Å². The number of benzene rings is 1. The molecule has 2 N–H and O–H groups in total. The minimum Gasteiger partial charge on any atom is -0.495 e. The number of hydrogen-bond donors (Lipinski definition) is 1. The molecule has 0 radical (unpaired) electrons. The van der Waals surface area contributed by atoms with Crippen LogP contribution in [0, 0.1) is 0 Å². The molecule has 1 saturated heterocycles. The third-order valence-corrected chi connectivity index (χ3v) is 2.99. The van der Waals surface area contributed by atoms with Crippen LogP contribution >= 0.6 is 11.6 Å². The lowest BCUT2D eigenvalue weighted by Gasteiger charge is -2.17. The zero-order chi connectivity index (χ0) is 11.7. The summed E-state index contributed by atoms with van der Waals surface area (Å²) in [6.45, 7) is 0.642. The van der Waals surface area contributed by atoms with Crippen LogP contribution in [0.15, 0.2) is 18.2 Å². The Kier molecular flexibility index (Phi) is 3.03. The van der Waals surface area contributed by atoms with Crippen molar-refractivity contribution in [2.75, 3.05) is 18.6 Å². The van der Waals surface area contributed by atoms with Gasteiger partial charge >= 0.3 is 0 Å². The minimum absolute atomic E-state index is 0.0544. The van der Waals surface area contributed by atoms with Crippen LogP contribution in [0.3, 0.4) is 0 Å². The molecule has 1 fully saturated rings. The predicted molar refractivity (Wildman–Crippen MR) is 62.9 cm³/mol. The first-order valence-corrected chi connectivity index (χ1v) is 5.42. The molecule has 1 unspecified atom stereocenters. The molecule has 0 bridgehead atoms. The Labute approximate surface area is 98.9 Å². The quantitative estimate of drug-likeness (QED) is 0.851. The molecule has 4 nitrogen and oxygen atoms in total. The third-order valence-electron chi connectivity index (χ3n) is 2.69. The first kappa shape index (κ1) is 11.2. The molecule has 1 aliphatic heterocycles. The summed E-state index contributed by atoms with van der Waals surface area (Å²) in [7, 11) is 1.55. The lowest BCUT2D eigenvalue weighted by molar-refractivity contribution is -0.118. The summed E-state index contributed by atoms with van der Waals surface area (Å²) in [5, 5.41) is 0.494. The predicted octanol–water partition coefficient (Wildman–Crippen LogP) is 1.41. The molecule has 5 heteroatoms. The highest BCUT2D eigenvalue weighted by Gasteiger charge is 2.29. The minimum atomic E-state index is -0.388. The van der Waals surface area contributed by atoms with E-state index >= 15 is 0 Å². The van der Waals surface area contributed by atoms with E-state index in [0.717, 1.165) is 5.69 Å². The van der Waals surface area contributed by atoms with E-state index in [1.54, 1.807) is 30.2 Å². The van der Waals surface area contributed by atoms with Crippen molar-refractivity contribution in [2.24, 2.45) is 5.73 Å². The molecular formula is C11H13ClN2O2. The molecule has 1 heterocycles. The summed E-state index contributed by atoms with van der Waals surface area (Å²) in [5.41, 5.74) is 6.42. The van der Waals surface area contributed by atoms with E-state index in [9.17, 15) is 4.79 Å². The largest absolute Gasteiger partial charge is 0.495 e. The van der Waals surface area contributed by atoms with Gasteiger partial charge in [-0.1, -0.05) is 11.6 Å². The van der Waals surface area contributed by atoms with Crippen molar-refractivity contribution in [1.29, 1.82) is 0 Å². The first-order valence-electron chi connectivity index (χ1n) is 5.04. The molecule has 1 aromatic carbocycles. The maximum Gasteiger partial charge on any atom is 0.243 e. The van der Waals surface area contributed by atoms with Gasteiger partial charge in [0.05, 0.1) is 18.2 Å². The van der Waals surface area contributed by atoms with Gasteiger partial charge in [0.2, 0.25) is 5.91 Å². The molecule has 0 aromatic heterocycles. The molecule has 1 amide bonds. The molecule has 16 heavy (non-hydrogen) atoms. The van der Waals surface area contributed by atoms with Gasteiger partial charge in [-0.2, -0.15) is 0 Å². The zero-order valence-corrected chi connectivity index (χ0v) is 9.70. The van der Waals surface area contributed by atoms with Gasteiger partial charge in [-0.05, 0) is 24.6 Å².